The number of rotatable bonds is 5. The lowest BCUT2D eigenvalue weighted by atomic mass is 10.2. The summed E-state index contributed by atoms with van der Waals surface area (Å²) in [5, 5.41) is 0.164. The van der Waals surface area contributed by atoms with E-state index >= 15 is 0 Å². The summed E-state index contributed by atoms with van der Waals surface area (Å²) in [4.78, 5) is -0.362. The second kappa shape index (κ2) is 6.58. The fourth-order valence-corrected chi connectivity index (χ4v) is 3.77. The van der Waals surface area contributed by atoms with E-state index in [4.69, 9.17) is 17.3 Å². The molecular weight excluding hydrogens is 326 g/mol. The molecule has 0 saturated heterocycles. The summed E-state index contributed by atoms with van der Waals surface area (Å²) in [6.45, 7) is 0.232. The fourth-order valence-electron chi connectivity index (χ4n) is 2.14. The van der Waals surface area contributed by atoms with Gasteiger partial charge in [0, 0.05) is 24.7 Å². The summed E-state index contributed by atoms with van der Waals surface area (Å²) < 4.78 is 39.7. The van der Waals surface area contributed by atoms with E-state index in [0.29, 0.717) is 0 Å². The Kier molecular flexibility index (Phi) is 5.80. The van der Waals surface area contributed by atoms with Crippen LogP contribution in [-0.4, -0.2) is 32.4 Å². The molecule has 4 nitrogen and oxygen atoms in total. The highest BCUT2D eigenvalue weighted by Gasteiger charge is 2.38. The van der Waals surface area contributed by atoms with Crippen LogP contribution in [0.5, 0.6) is 0 Å². The van der Waals surface area contributed by atoms with Gasteiger partial charge < -0.3 is 5.73 Å². The number of nitrogens with two attached hydrogens (primary N) is 1. The maximum absolute atomic E-state index is 13.8. The SMILES string of the molecule is CN(C(CN)C1CC1)S(=O)(=O)c1ccc(Cl)cc1F.Cl. The molecule has 114 valence electrons. The summed E-state index contributed by atoms with van der Waals surface area (Å²) in [7, 11) is -2.44. The summed E-state index contributed by atoms with van der Waals surface area (Å²) >= 11 is 5.63. The van der Waals surface area contributed by atoms with Gasteiger partial charge in [-0.25, -0.2) is 12.8 Å². The Morgan fingerprint density at radius 1 is 1.50 bits per heavy atom. The van der Waals surface area contributed by atoms with Crippen LogP contribution in [0.2, 0.25) is 5.02 Å². The molecule has 0 radical (unpaired) electrons. The first-order valence-electron chi connectivity index (χ1n) is 6.01. The van der Waals surface area contributed by atoms with Crippen molar-refractivity contribution in [3.8, 4) is 0 Å². The quantitative estimate of drug-likeness (QED) is 0.892. The molecule has 1 aromatic carbocycles. The van der Waals surface area contributed by atoms with Crippen molar-refractivity contribution in [1.29, 1.82) is 0 Å². The Balaban J connectivity index is 0.00000200. The minimum absolute atomic E-state index is 0. The maximum Gasteiger partial charge on any atom is 0.246 e. The van der Waals surface area contributed by atoms with E-state index in [1.165, 1.54) is 23.5 Å². The third-order valence-electron chi connectivity index (χ3n) is 3.43. The molecule has 1 unspecified atom stereocenters. The fraction of sp³-hybridized carbons (Fsp3) is 0.500. The van der Waals surface area contributed by atoms with E-state index in [1.807, 2.05) is 0 Å². The highest BCUT2D eigenvalue weighted by atomic mass is 35.5. The topological polar surface area (TPSA) is 63.4 Å². The van der Waals surface area contributed by atoms with Gasteiger partial charge in [-0.1, -0.05) is 11.6 Å². The monoisotopic (exact) mass is 342 g/mol. The minimum Gasteiger partial charge on any atom is -0.329 e. The van der Waals surface area contributed by atoms with Crippen molar-refractivity contribution in [2.45, 2.75) is 23.8 Å². The predicted molar refractivity (Wildman–Crippen MR) is 79.2 cm³/mol. The first-order chi connectivity index (χ1) is 8.87. The van der Waals surface area contributed by atoms with Crippen LogP contribution in [0.3, 0.4) is 0 Å². The summed E-state index contributed by atoms with van der Waals surface area (Å²) in [5.74, 6) is -0.564. The van der Waals surface area contributed by atoms with E-state index in [-0.39, 0.29) is 40.8 Å². The molecule has 20 heavy (non-hydrogen) atoms. The van der Waals surface area contributed by atoms with Crippen molar-refractivity contribution in [1.82, 2.24) is 4.31 Å². The zero-order valence-electron chi connectivity index (χ0n) is 10.9. The first-order valence-corrected chi connectivity index (χ1v) is 7.83. The van der Waals surface area contributed by atoms with E-state index in [1.54, 1.807) is 0 Å². The van der Waals surface area contributed by atoms with Crippen LogP contribution in [0, 0.1) is 11.7 Å². The molecule has 0 aliphatic heterocycles. The number of sulfonamides is 1. The second-order valence-corrected chi connectivity index (χ2v) is 7.14. The molecule has 0 amide bonds. The zero-order chi connectivity index (χ0) is 14.2. The van der Waals surface area contributed by atoms with E-state index in [0.717, 1.165) is 18.9 Å². The lowest BCUT2D eigenvalue weighted by Crippen LogP contribution is -2.43. The second-order valence-electron chi connectivity index (χ2n) is 4.74. The number of hydrogen-bond acceptors (Lipinski definition) is 3. The highest BCUT2D eigenvalue weighted by molar-refractivity contribution is 7.89. The van der Waals surface area contributed by atoms with Gasteiger partial charge >= 0.3 is 0 Å². The van der Waals surface area contributed by atoms with E-state index in [9.17, 15) is 12.8 Å². The van der Waals surface area contributed by atoms with Crippen molar-refractivity contribution in [3.63, 3.8) is 0 Å². The molecule has 0 heterocycles. The molecule has 0 spiro atoms. The van der Waals surface area contributed by atoms with Crippen molar-refractivity contribution in [2.24, 2.45) is 11.7 Å². The first kappa shape index (κ1) is 17.7. The van der Waals surface area contributed by atoms with Gasteiger partial charge in [0.2, 0.25) is 10.0 Å². The van der Waals surface area contributed by atoms with Crippen molar-refractivity contribution in [3.05, 3.63) is 29.0 Å². The van der Waals surface area contributed by atoms with Crippen LogP contribution in [0.1, 0.15) is 12.8 Å². The molecule has 1 aliphatic carbocycles. The van der Waals surface area contributed by atoms with Gasteiger partial charge in [-0.15, -0.1) is 12.4 Å². The Bertz CT molecular complexity index is 579. The minimum atomic E-state index is -3.88. The Morgan fingerprint density at radius 3 is 2.55 bits per heavy atom. The van der Waals surface area contributed by atoms with Gasteiger partial charge in [-0.2, -0.15) is 4.31 Å². The lowest BCUT2D eigenvalue weighted by molar-refractivity contribution is 0.339. The molecule has 1 saturated carbocycles. The van der Waals surface area contributed by atoms with Gasteiger partial charge in [0.25, 0.3) is 0 Å². The third-order valence-corrected chi connectivity index (χ3v) is 5.58. The highest BCUT2D eigenvalue weighted by Crippen LogP contribution is 2.36. The molecule has 2 N–H and O–H groups in total. The van der Waals surface area contributed by atoms with Crippen LogP contribution < -0.4 is 5.73 Å². The average Bonchev–Trinajstić information content (AvgIpc) is 3.13. The molecule has 1 aliphatic rings. The molecule has 1 atom stereocenters. The Morgan fingerprint density at radius 2 is 2.10 bits per heavy atom. The van der Waals surface area contributed by atoms with Crippen LogP contribution in [-0.2, 0) is 10.0 Å². The molecule has 1 fully saturated rings. The molecule has 2 rings (SSSR count). The molecule has 8 heteroatoms. The molecule has 0 aromatic heterocycles. The van der Waals surface area contributed by atoms with Crippen molar-refractivity contribution < 1.29 is 12.8 Å². The van der Waals surface area contributed by atoms with Gasteiger partial charge in [0.05, 0.1) is 0 Å². The Hall–Kier alpha value is -0.400. The van der Waals surface area contributed by atoms with Gasteiger partial charge in [0.1, 0.15) is 10.7 Å². The number of benzene rings is 1. The summed E-state index contributed by atoms with van der Waals surface area (Å²) in [6.07, 6.45) is 1.93. The number of hydrogen-bond donors (Lipinski definition) is 1. The zero-order valence-corrected chi connectivity index (χ0v) is 13.3. The normalized spacial score (nSPS) is 16.9. The van der Waals surface area contributed by atoms with E-state index in [2.05, 4.69) is 0 Å². The average molecular weight is 343 g/mol. The van der Waals surface area contributed by atoms with Crippen LogP contribution in [0.15, 0.2) is 23.1 Å². The third kappa shape index (κ3) is 3.43. The molecular formula is C12H17Cl2FN2O2S. The Labute approximate surface area is 129 Å². The lowest BCUT2D eigenvalue weighted by Gasteiger charge is -2.26. The van der Waals surface area contributed by atoms with Crippen molar-refractivity contribution in [2.75, 3.05) is 13.6 Å². The van der Waals surface area contributed by atoms with Gasteiger partial charge in [-0.3, -0.25) is 0 Å². The van der Waals surface area contributed by atoms with Gasteiger partial charge in [0.15, 0.2) is 0 Å². The standard InChI is InChI=1S/C12H16ClFN2O2S.ClH/c1-16(11(7-15)8-2-3-8)19(17,18)12-5-4-9(13)6-10(12)14;/h4-6,8,11H,2-3,7,15H2,1H3;1H. The molecule has 1 aromatic rings. The number of halogens is 3. The maximum atomic E-state index is 13.8. The number of nitrogens with zero attached hydrogens (tertiary/aromatic N) is 1. The molecule has 0 bridgehead atoms. The summed E-state index contributed by atoms with van der Waals surface area (Å²) in [6, 6.07) is 3.26. The largest absolute Gasteiger partial charge is 0.329 e. The smallest absolute Gasteiger partial charge is 0.246 e. The summed E-state index contributed by atoms with van der Waals surface area (Å²) in [5.41, 5.74) is 5.63. The van der Waals surface area contributed by atoms with Gasteiger partial charge in [-0.05, 0) is 37.0 Å². The van der Waals surface area contributed by atoms with Crippen LogP contribution in [0.4, 0.5) is 4.39 Å². The van der Waals surface area contributed by atoms with Crippen LogP contribution >= 0.6 is 24.0 Å². The van der Waals surface area contributed by atoms with Crippen LogP contribution in [0.25, 0.3) is 0 Å². The number of likely N-dealkylation sites (N-methyl/N-ethyl adjacent to an activating group) is 1. The predicted octanol–water partition coefficient (Wildman–Crippen LogP) is 2.26. The van der Waals surface area contributed by atoms with E-state index < -0.39 is 15.8 Å². The van der Waals surface area contributed by atoms with Crippen molar-refractivity contribution >= 4 is 34.0 Å².